The first-order chi connectivity index (χ1) is 44.2. The number of benzene rings is 4. The van der Waals surface area contributed by atoms with Gasteiger partial charge in [0.25, 0.3) is 0 Å². The van der Waals surface area contributed by atoms with Crippen molar-refractivity contribution in [3.05, 3.63) is 144 Å². The normalized spacial score (nSPS) is 13.0. The zero-order valence-electron chi connectivity index (χ0n) is 53.8. The molecule has 0 saturated carbocycles. The predicted octanol–water partition coefficient (Wildman–Crippen LogP) is 9.80. The number of sulfonamides is 4. The van der Waals surface area contributed by atoms with Crippen molar-refractivity contribution >= 4 is 86.5 Å². The minimum atomic E-state index is -3.90. The summed E-state index contributed by atoms with van der Waals surface area (Å²) in [7, 11) is -15.6. The molecule has 92 heavy (non-hydrogen) atoms. The summed E-state index contributed by atoms with van der Waals surface area (Å²) < 4.78 is 121. The van der Waals surface area contributed by atoms with Gasteiger partial charge in [0.2, 0.25) is 40.1 Å². The zero-order valence-corrected chi connectivity index (χ0v) is 57.0. The molecule has 9 rings (SSSR count). The van der Waals surface area contributed by atoms with Crippen LogP contribution in [0.4, 0.5) is 0 Å². The quantitative estimate of drug-likeness (QED) is 0.0230. The van der Waals surface area contributed by atoms with E-state index in [2.05, 4.69) is 48.5 Å². The monoisotopic (exact) mass is 1330 g/mol. The second-order valence-electron chi connectivity index (χ2n) is 22.3. The molecule has 2 aliphatic heterocycles. The molecule has 0 fully saturated rings. The summed E-state index contributed by atoms with van der Waals surface area (Å²) in [5.74, 6) is 0. The summed E-state index contributed by atoms with van der Waals surface area (Å²) in [4.78, 5) is 27.1. The maximum absolute atomic E-state index is 13.8. The van der Waals surface area contributed by atoms with E-state index in [4.69, 9.17) is 9.97 Å². The van der Waals surface area contributed by atoms with Gasteiger partial charge in [0.1, 0.15) is 0 Å². The Balaban J connectivity index is 1.27. The van der Waals surface area contributed by atoms with Crippen LogP contribution >= 0.6 is 0 Å². The Hall–Kier alpha value is -7.04. The molecule has 490 valence electrons. The molecule has 0 spiro atoms. The molecule has 24 heteroatoms. The van der Waals surface area contributed by atoms with E-state index in [1.54, 1.807) is 97.1 Å². The number of likely N-dealkylation sites (N-methyl/N-ethyl adjacent to an activating group) is 4. The van der Waals surface area contributed by atoms with E-state index in [0.29, 0.717) is 116 Å². The standard InChI is InChI=1S/C68H86N12O8S4/c1-9-77(10-2)45-41-69-89(81,82)53-25-17-49(18-26-53)65-57-33-35-59(73-57)66(50-19-27-54(28-20-50)90(83,84)70-42-46-78(11-3)12-4)61-37-39-63(75-61)68(52-23-31-56(32-24-52)92(87,88)72-44-48-80(15-7)16-8)64-40-38-62(76-64)67(60-36-34-58(65)74-60)51-21-29-55(30-22-51)91(85,86)71-43-47-79(13-5)14-6/h17-40,69-73,76H,9-16,41-48H2,1-8H3. The minimum absolute atomic E-state index is 0.0921. The highest BCUT2D eigenvalue weighted by atomic mass is 32.2. The van der Waals surface area contributed by atoms with E-state index in [-0.39, 0.29) is 45.8 Å². The van der Waals surface area contributed by atoms with Crippen LogP contribution in [0.2, 0.25) is 0 Å². The Morgan fingerprint density at radius 3 is 0.652 bits per heavy atom. The maximum Gasteiger partial charge on any atom is 0.240 e. The SMILES string of the molecule is CCN(CC)CCNS(=O)(=O)c1ccc(-c2c3nc(c(-c4ccc(S(=O)(=O)NCCN(CC)CC)cc4)c4ccc([nH]4)c(-c4ccc(S(=O)(=O)NCCN(CC)CC)cc4)c4nc(c(-c5ccc(S(=O)(=O)NCCN(CC)CC)cc5)c5ccc2[nH]5)C=C4)C=C3)cc1. The van der Waals surface area contributed by atoms with Crippen LogP contribution in [-0.4, -0.2) is 178 Å². The second-order valence-corrected chi connectivity index (χ2v) is 29.4. The van der Waals surface area contributed by atoms with E-state index < -0.39 is 40.1 Å². The fourth-order valence-corrected chi connectivity index (χ4v) is 15.6. The molecular weight excluding hydrogens is 1240 g/mol. The number of rotatable bonds is 32. The van der Waals surface area contributed by atoms with Crippen molar-refractivity contribution in [2.45, 2.75) is 75.0 Å². The summed E-state index contributed by atoms with van der Waals surface area (Å²) in [6, 6.07) is 34.3. The number of hydrogen-bond donors (Lipinski definition) is 6. The average molecular weight is 1330 g/mol. The lowest BCUT2D eigenvalue weighted by Gasteiger charge is -2.18. The smallest absolute Gasteiger partial charge is 0.240 e. The van der Waals surface area contributed by atoms with Crippen LogP contribution in [0.15, 0.2) is 141 Å². The molecule has 3 aromatic heterocycles. The molecule has 2 aliphatic rings. The molecule has 0 atom stereocenters. The number of hydrogen-bond acceptors (Lipinski definition) is 14. The number of nitrogens with zero attached hydrogens (tertiary/aromatic N) is 6. The van der Waals surface area contributed by atoms with Crippen molar-refractivity contribution in [3.8, 4) is 44.5 Å². The number of aromatic amines is 2. The fourth-order valence-electron chi connectivity index (χ4n) is 11.5. The van der Waals surface area contributed by atoms with Crippen molar-refractivity contribution in [1.29, 1.82) is 0 Å². The number of aromatic nitrogens is 4. The van der Waals surface area contributed by atoms with Crippen LogP contribution in [0.3, 0.4) is 0 Å². The minimum Gasteiger partial charge on any atom is -0.354 e. The Labute approximate surface area is 543 Å². The van der Waals surface area contributed by atoms with Gasteiger partial charge in [-0.3, -0.25) is 0 Å². The summed E-state index contributed by atoms with van der Waals surface area (Å²) in [5, 5.41) is 0. The topological polar surface area (TPSA) is 255 Å². The highest BCUT2D eigenvalue weighted by Crippen LogP contribution is 2.39. The summed E-state index contributed by atoms with van der Waals surface area (Å²) in [5.41, 5.74) is 9.65. The third-order valence-corrected chi connectivity index (χ3v) is 22.9. The van der Waals surface area contributed by atoms with E-state index in [1.807, 2.05) is 104 Å². The number of nitrogens with one attached hydrogen (secondary N) is 6. The van der Waals surface area contributed by atoms with E-state index in [0.717, 1.165) is 52.4 Å². The van der Waals surface area contributed by atoms with Gasteiger partial charge >= 0.3 is 0 Å². The molecular formula is C68H86N12O8S4. The van der Waals surface area contributed by atoms with Crippen LogP contribution < -0.4 is 18.9 Å². The third kappa shape index (κ3) is 16.3. The predicted molar refractivity (Wildman–Crippen MR) is 373 cm³/mol. The second kappa shape index (κ2) is 30.8. The summed E-state index contributed by atoms with van der Waals surface area (Å²) >= 11 is 0. The third-order valence-electron chi connectivity index (χ3n) is 17.0. The van der Waals surface area contributed by atoms with Crippen LogP contribution in [0.5, 0.6) is 0 Å². The van der Waals surface area contributed by atoms with Crippen molar-refractivity contribution in [2.24, 2.45) is 0 Å². The summed E-state index contributed by atoms with van der Waals surface area (Å²) in [6.45, 7) is 25.8. The van der Waals surface area contributed by atoms with Gasteiger partial charge < -0.3 is 29.6 Å². The Bertz CT molecular complexity index is 3850. The first-order valence-electron chi connectivity index (χ1n) is 31.7. The first kappa shape index (κ1) is 69.3. The molecule has 8 bridgehead atoms. The Morgan fingerprint density at radius 1 is 0.293 bits per heavy atom. The number of fused-ring (bicyclic) bond motifs is 8. The van der Waals surface area contributed by atoms with Crippen molar-refractivity contribution in [1.82, 2.24) is 58.4 Å². The van der Waals surface area contributed by atoms with Gasteiger partial charge in [0, 0.05) is 96.7 Å². The molecule has 5 heterocycles. The van der Waals surface area contributed by atoms with E-state index in [1.165, 1.54) is 0 Å². The van der Waals surface area contributed by atoms with Crippen molar-refractivity contribution in [2.75, 3.05) is 105 Å². The highest BCUT2D eigenvalue weighted by molar-refractivity contribution is 7.90. The van der Waals surface area contributed by atoms with Gasteiger partial charge in [-0.25, -0.2) is 62.5 Å². The van der Waals surface area contributed by atoms with E-state index >= 15 is 0 Å². The van der Waals surface area contributed by atoms with Crippen LogP contribution in [0.1, 0.15) is 78.2 Å². The van der Waals surface area contributed by atoms with Crippen molar-refractivity contribution in [3.63, 3.8) is 0 Å². The van der Waals surface area contributed by atoms with Gasteiger partial charge in [-0.05, 0) is 172 Å². The molecule has 4 aromatic carbocycles. The number of H-pyrrole nitrogens is 2. The average Bonchev–Trinajstić information content (AvgIpc) is 1.60. The lowest BCUT2D eigenvalue weighted by Crippen LogP contribution is -2.34. The molecule has 0 amide bonds. The van der Waals surface area contributed by atoms with Gasteiger partial charge in [0.05, 0.1) is 42.4 Å². The fraction of sp³-hybridized carbons (Fsp3) is 0.353. The van der Waals surface area contributed by atoms with Crippen LogP contribution in [-0.2, 0) is 40.1 Å². The molecule has 0 unspecified atom stereocenters. The molecule has 0 radical (unpaired) electrons. The molecule has 20 nitrogen and oxygen atoms in total. The van der Waals surface area contributed by atoms with Crippen LogP contribution in [0.25, 0.3) is 90.9 Å². The zero-order chi connectivity index (χ0) is 65.8. The molecule has 7 aromatic rings. The molecule has 6 N–H and O–H groups in total. The largest absolute Gasteiger partial charge is 0.354 e. The first-order valence-corrected chi connectivity index (χ1v) is 37.6. The Morgan fingerprint density at radius 2 is 0.478 bits per heavy atom. The van der Waals surface area contributed by atoms with Crippen LogP contribution in [0, 0.1) is 0 Å². The Kier molecular flexibility index (Phi) is 23.2. The van der Waals surface area contributed by atoms with Gasteiger partial charge in [-0.2, -0.15) is 0 Å². The summed E-state index contributed by atoms with van der Waals surface area (Å²) in [6.07, 6.45) is 7.56. The highest BCUT2D eigenvalue weighted by Gasteiger charge is 2.24. The van der Waals surface area contributed by atoms with Gasteiger partial charge in [0.15, 0.2) is 0 Å². The molecule has 0 saturated heterocycles. The molecule has 0 aliphatic carbocycles. The van der Waals surface area contributed by atoms with Gasteiger partial charge in [-0.15, -0.1) is 0 Å². The van der Waals surface area contributed by atoms with Crippen molar-refractivity contribution < 1.29 is 33.7 Å². The lowest BCUT2D eigenvalue weighted by atomic mass is 10.0. The van der Waals surface area contributed by atoms with E-state index in [9.17, 15) is 33.7 Å². The maximum atomic E-state index is 13.8. The lowest BCUT2D eigenvalue weighted by molar-refractivity contribution is 0.309. The van der Waals surface area contributed by atoms with Gasteiger partial charge in [-0.1, -0.05) is 104 Å².